The molecule has 3 fully saturated rings. The normalized spacial score (nSPS) is 35.5. The van der Waals surface area contributed by atoms with E-state index >= 15 is 0 Å². The summed E-state index contributed by atoms with van der Waals surface area (Å²) in [6.07, 6.45) is -22.5. The SMILES string of the molecule is CC(=O)OCC1O[C@@H](OC2C(COC(C)=O)OC=C[C@H]2O[C@H]2OC(C)C(OC(C)=O)[C@H](OC(C)=O)C2OC(C)=O)C(OC2OC(C)[C@H](C)C(OC(C)=O)[C@@H]2OC(C)=O)[C@@H](OC(C)=O)C1OC(C)=O. The van der Waals surface area contributed by atoms with Gasteiger partial charge in [0, 0.05) is 68.2 Å². The van der Waals surface area contributed by atoms with Crippen molar-refractivity contribution >= 4 is 53.7 Å². The number of ether oxygens (including phenoxy) is 16. The van der Waals surface area contributed by atoms with E-state index in [0.717, 1.165) is 62.3 Å². The van der Waals surface area contributed by atoms with Gasteiger partial charge in [-0.05, 0) is 19.9 Å². The lowest BCUT2D eigenvalue weighted by molar-refractivity contribution is -0.377. The van der Waals surface area contributed by atoms with E-state index in [1.807, 2.05) is 0 Å². The van der Waals surface area contributed by atoms with Crippen molar-refractivity contribution in [1.82, 2.24) is 0 Å². The van der Waals surface area contributed by atoms with Crippen molar-refractivity contribution in [3.63, 3.8) is 0 Å². The lowest BCUT2D eigenvalue weighted by Crippen LogP contribution is -2.66. The average molecular weight is 977 g/mol. The summed E-state index contributed by atoms with van der Waals surface area (Å²) >= 11 is 0. The Balaban J connectivity index is 1.90. The number of carbonyl (C=O) groups is 9. The van der Waals surface area contributed by atoms with Gasteiger partial charge in [-0.1, -0.05) is 6.92 Å². The zero-order chi connectivity index (χ0) is 50.7. The molecule has 0 aromatic rings. The Hall–Kier alpha value is -5.47. The van der Waals surface area contributed by atoms with Crippen LogP contribution in [0.2, 0.25) is 0 Å². The van der Waals surface area contributed by atoms with Crippen LogP contribution in [0.4, 0.5) is 0 Å². The van der Waals surface area contributed by atoms with E-state index in [1.165, 1.54) is 19.3 Å². The van der Waals surface area contributed by atoms with Crippen molar-refractivity contribution < 1.29 is 119 Å². The molecule has 3 saturated heterocycles. The molecule has 0 spiro atoms. The molecule has 0 amide bonds. The van der Waals surface area contributed by atoms with Gasteiger partial charge in [-0.2, -0.15) is 0 Å². The third-order valence-corrected chi connectivity index (χ3v) is 10.6. The summed E-state index contributed by atoms with van der Waals surface area (Å²) in [4.78, 5) is 112. The first kappa shape index (κ1) is 55.1. The van der Waals surface area contributed by atoms with Crippen LogP contribution in [0, 0.1) is 5.92 Å². The van der Waals surface area contributed by atoms with E-state index in [1.54, 1.807) is 13.8 Å². The third kappa shape index (κ3) is 15.3. The Morgan fingerprint density at radius 2 is 0.765 bits per heavy atom. The van der Waals surface area contributed by atoms with Gasteiger partial charge in [-0.25, -0.2) is 0 Å². The van der Waals surface area contributed by atoms with Gasteiger partial charge in [0.25, 0.3) is 0 Å². The van der Waals surface area contributed by atoms with Crippen molar-refractivity contribution in [3.8, 4) is 0 Å². The highest BCUT2D eigenvalue weighted by Crippen LogP contribution is 2.38. The summed E-state index contributed by atoms with van der Waals surface area (Å²) < 4.78 is 94.1. The fraction of sp³-hybridized carbons (Fsp3) is 0.744. The third-order valence-electron chi connectivity index (χ3n) is 10.6. The molecule has 11 unspecified atom stereocenters. The molecule has 25 heteroatoms. The lowest BCUT2D eigenvalue weighted by atomic mass is 9.90. The van der Waals surface area contributed by atoms with Crippen LogP contribution >= 0.6 is 0 Å². The first-order valence-corrected chi connectivity index (χ1v) is 21.6. The van der Waals surface area contributed by atoms with E-state index in [9.17, 15) is 43.2 Å². The monoisotopic (exact) mass is 976 g/mol. The van der Waals surface area contributed by atoms with Crippen LogP contribution in [-0.4, -0.2) is 171 Å². The Morgan fingerprint density at radius 1 is 0.382 bits per heavy atom. The van der Waals surface area contributed by atoms with Crippen molar-refractivity contribution in [2.24, 2.45) is 5.92 Å². The first-order valence-electron chi connectivity index (χ1n) is 21.6. The lowest BCUT2D eigenvalue weighted by Gasteiger charge is -2.49. The van der Waals surface area contributed by atoms with E-state index in [2.05, 4.69) is 0 Å². The van der Waals surface area contributed by atoms with Crippen molar-refractivity contribution in [2.45, 2.75) is 187 Å². The molecule has 4 rings (SSSR count). The summed E-state index contributed by atoms with van der Waals surface area (Å²) in [6, 6.07) is 0. The number of carbonyl (C=O) groups excluding carboxylic acids is 9. The predicted octanol–water partition coefficient (Wildman–Crippen LogP) is 0.553. The van der Waals surface area contributed by atoms with Crippen LogP contribution in [-0.2, 0) is 119 Å². The molecular formula is C43H60O25. The van der Waals surface area contributed by atoms with E-state index in [4.69, 9.17) is 75.8 Å². The number of hydrogen-bond donors (Lipinski definition) is 0. The van der Waals surface area contributed by atoms with Gasteiger partial charge in [0.15, 0.2) is 67.7 Å². The van der Waals surface area contributed by atoms with Gasteiger partial charge < -0.3 is 75.8 Å². The van der Waals surface area contributed by atoms with Crippen LogP contribution in [0.3, 0.4) is 0 Å². The number of esters is 9. The maximum Gasteiger partial charge on any atom is 0.303 e. The topological polar surface area (TPSA) is 301 Å². The predicted molar refractivity (Wildman–Crippen MR) is 217 cm³/mol. The van der Waals surface area contributed by atoms with Gasteiger partial charge in [0.2, 0.25) is 0 Å². The van der Waals surface area contributed by atoms with Crippen molar-refractivity contribution in [3.05, 3.63) is 12.3 Å². The van der Waals surface area contributed by atoms with Gasteiger partial charge in [-0.3, -0.25) is 43.2 Å². The molecule has 0 aromatic carbocycles. The minimum absolute atomic E-state index is 0.525. The Labute approximate surface area is 391 Å². The Morgan fingerprint density at radius 3 is 1.28 bits per heavy atom. The molecule has 0 saturated carbocycles. The second kappa shape index (κ2) is 24.7. The summed E-state index contributed by atoms with van der Waals surface area (Å²) in [7, 11) is 0. The van der Waals surface area contributed by atoms with E-state index in [-0.39, 0.29) is 0 Å². The molecule has 0 aliphatic carbocycles. The number of rotatable bonds is 17. The van der Waals surface area contributed by atoms with Crippen molar-refractivity contribution in [2.75, 3.05) is 13.2 Å². The molecule has 0 bridgehead atoms. The number of hydrogen-bond acceptors (Lipinski definition) is 25. The highest BCUT2D eigenvalue weighted by Gasteiger charge is 2.58. The largest absolute Gasteiger partial charge is 0.492 e. The van der Waals surface area contributed by atoms with Gasteiger partial charge in [0.1, 0.15) is 37.6 Å². The second-order valence-electron chi connectivity index (χ2n) is 16.2. The fourth-order valence-electron chi connectivity index (χ4n) is 7.84. The minimum atomic E-state index is -1.88. The molecule has 4 aliphatic rings. The first-order chi connectivity index (χ1) is 31.9. The highest BCUT2D eigenvalue weighted by molar-refractivity contribution is 5.70. The maximum absolute atomic E-state index is 13.0. The maximum atomic E-state index is 13.0. The zero-order valence-electron chi connectivity index (χ0n) is 39.7. The summed E-state index contributed by atoms with van der Waals surface area (Å²) in [5.41, 5.74) is 0. The summed E-state index contributed by atoms with van der Waals surface area (Å²) in [6.45, 7) is 13.4. The van der Waals surface area contributed by atoms with Crippen LogP contribution in [0.25, 0.3) is 0 Å². The van der Waals surface area contributed by atoms with E-state index in [0.29, 0.717) is 0 Å². The minimum Gasteiger partial charge on any atom is -0.492 e. The van der Waals surface area contributed by atoms with Gasteiger partial charge >= 0.3 is 53.7 Å². The molecule has 382 valence electrons. The molecule has 0 radical (unpaired) electrons. The molecule has 0 N–H and O–H groups in total. The Bertz CT molecular complexity index is 1870. The second-order valence-corrected chi connectivity index (χ2v) is 16.2. The molecule has 18 atom stereocenters. The Kier molecular flexibility index (Phi) is 20.0. The van der Waals surface area contributed by atoms with Gasteiger partial charge in [0.05, 0.1) is 18.5 Å². The quantitative estimate of drug-likeness (QED) is 0.142. The molecular weight excluding hydrogens is 916 g/mol. The van der Waals surface area contributed by atoms with Crippen LogP contribution in [0.15, 0.2) is 12.3 Å². The molecule has 0 aromatic heterocycles. The van der Waals surface area contributed by atoms with Crippen LogP contribution in [0.1, 0.15) is 83.1 Å². The van der Waals surface area contributed by atoms with E-state index < -0.39 is 177 Å². The smallest absolute Gasteiger partial charge is 0.303 e. The molecule has 4 heterocycles. The van der Waals surface area contributed by atoms with Crippen molar-refractivity contribution in [1.29, 1.82) is 0 Å². The van der Waals surface area contributed by atoms with Gasteiger partial charge in [-0.15, -0.1) is 0 Å². The molecule has 68 heavy (non-hydrogen) atoms. The highest BCUT2D eigenvalue weighted by atomic mass is 16.8. The fourth-order valence-corrected chi connectivity index (χ4v) is 7.84. The standard InChI is InChI=1S/C43H60O25/c1-17-18(2)56-42(38(63-27(11)51)32(17)58-22(6)46)68-40-37(62-26(10)50)35(60-24(8)48)31(16-55-21(5)45)66-43(40)67-34-29(13-14-53-30(34)15-54-20(4)44)65-41-39(64-28(12)52)36(61-25(9)49)33(19(3)57-41)59-23(7)47/h13-14,17-19,29-43H,15-16H2,1-12H3/t17-,18?,19?,29+,30?,31?,32?,33?,34?,35?,36-,37-,38-,39?,40?,41+,42?,43-/m0/s1. The summed E-state index contributed by atoms with van der Waals surface area (Å²) in [5, 5.41) is 0. The average Bonchev–Trinajstić information content (AvgIpc) is 3.21. The molecule has 4 aliphatic heterocycles. The van der Waals surface area contributed by atoms with Crippen LogP contribution < -0.4 is 0 Å². The molecule has 25 nitrogen and oxygen atoms in total. The zero-order valence-corrected chi connectivity index (χ0v) is 39.7. The van der Waals surface area contributed by atoms with Crippen LogP contribution in [0.5, 0.6) is 0 Å². The summed E-state index contributed by atoms with van der Waals surface area (Å²) in [5.74, 6) is -8.05.